The highest BCUT2D eigenvalue weighted by atomic mass is 35.5. The molecule has 0 aromatic heterocycles. The van der Waals surface area contributed by atoms with Crippen molar-refractivity contribution in [1.82, 2.24) is 5.32 Å². The molecule has 3 aromatic carbocycles. The van der Waals surface area contributed by atoms with Crippen LogP contribution in [0.4, 0.5) is 0 Å². The second kappa shape index (κ2) is 12.2. The highest BCUT2D eigenvalue weighted by Crippen LogP contribution is 2.37. The minimum atomic E-state index is 0.245. The summed E-state index contributed by atoms with van der Waals surface area (Å²) >= 11 is 30.9. The number of hydrogen-bond donors (Lipinski definition) is 1. The summed E-state index contributed by atoms with van der Waals surface area (Å²) in [6.45, 7) is 4.01. The third-order valence-electron chi connectivity index (χ3n) is 4.67. The summed E-state index contributed by atoms with van der Waals surface area (Å²) in [5.74, 6) is 1.07. The second-order valence-corrected chi connectivity index (χ2v) is 9.12. The fourth-order valence-electron chi connectivity index (χ4n) is 3.10. The molecule has 0 aliphatic heterocycles. The summed E-state index contributed by atoms with van der Waals surface area (Å²) in [5.41, 5.74) is 2.83. The molecule has 0 aliphatic rings. The first-order chi connectivity index (χ1) is 15.4. The average Bonchev–Trinajstić information content (AvgIpc) is 2.73. The van der Waals surface area contributed by atoms with Gasteiger partial charge in [-0.15, -0.1) is 0 Å². The van der Waals surface area contributed by atoms with E-state index >= 15 is 0 Å². The number of rotatable bonds is 10. The maximum Gasteiger partial charge on any atom is 0.180 e. The molecule has 0 saturated heterocycles. The van der Waals surface area contributed by atoms with Gasteiger partial charge in [-0.2, -0.15) is 0 Å². The highest BCUT2D eigenvalue weighted by molar-refractivity contribution is 6.35. The van der Waals surface area contributed by atoms with Crippen LogP contribution < -0.4 is 14.8 Å². The van der Waals surface area contributed by atoms with E-state index in [0.29, 0.717) is 49.8 Å². The van der Waals surface area contributed by atoms with Crippen molar-refractivity contribution in [3.05, 3.63) is 90.3 Å². The Morgan fingerprint density at radius 2 is 1.41 bits per heavy atom. The van der Waals surface area contributed by atoms with E-state index in [2.05, 4.69) is 5.32 Å². The summed E-state index contributed by atoms with van der Waals surface area (Å²) in [6, 6.07) is 14.6. The average molecular weight is 534 g/mol. The zero-order valence-electron chi connectivity index (χ0n) is 17.4. The van der Waals surface area contributed by atoms with E-state index in [1.165, 1.54) is 0 Å². The van der Waals surface area contributed by atoms with Crippen LogP contribution in [-0.4, -0.2) is 13.2 Å². The molecule has 0 bridgehead atoms. The Hall–Kier alpha value is -1.33. The van der Waals surface area contributed by atoms with E-state index in [4.69, 9.17) is 67.5 Å². The molecule has 170 valence electrons. The zero-order valence-corrected chi connectivity index (χ0v) is 21.1. The molecule has 0 amide bonds. The third-order valence-corrected chi connectivity index (χ3v) is 6.13. The van der Waals surface area contributed by atoms with Crippen molar-refractivity contribution in [1.29, 1.82) is 0 Å². The number of nitrogens with one attached hydrogen (secondary N) is 1. The molecule has 0 unspecified atom stereocenters. The van der Waals surface area contributed by atoms with Crippen LogP contribution in [0.1, 0.15) is 23.6 Å². The van der Waals surface area contributed by atoms with E-state index in [0.717, 1.165) is 29.7 Å². The van der Waals surface area contributed by atoms with Gasteiger partial charge < -0.3 is 14.8 Å². The molecule has 3 rings (SSSR count). The van der Waals surface area contributed by atoms with E-state index in [-0.39, 0.29) is 6.61 Å². The van der Waals surface area contributed by atoms with Crippen LogP contribution in [0.3, 0.4) is 0 Å². The molecule has 0 saturated carbocycles. The maximum atomic E-state index is 6.53. The Morgan fingerprint density at radius 1 is 0.750 bits per heavy atom. The van der Waals surface area contributed by atoms with Crippen molar-refractivity contribution < 1.29 is 9.47 Å². The molecular weight excluding hydrogens is 512 g/mol. The van der Waals surface area contributed by atoms with Gasteiger partial charge in [0.15, 0.2) is 11.5 Å². The minimum absolute atomic E-state index is 0.245. The zero-order chi connectivity index (χ0) is 23.1. The summed E-state index contributed by atoms with van der Waals surface area (Å²) < 4.78 is 11.7. The Kier molecular flexibility index (Phi) is 9.66. The molecule has 0 radical (unpaired) electrons. The quantitative estimate of drug-likeness (QED) is 0.266. The number of hydrogen-bond acceptors (Lipinski definition) is 3. The second-order valence-electron chi connectivity index (χ2n) is 7.02. The largest absolute Gasteiger partial charge is 0.490 e. The van der Waals surface area contributed by atoms with Gasteiger partial charge in [-0.3, -0.25) is 0 Å². The number of benzene rings is 3. The van der Waals surface area contributed by atoms with Crippen LogP contribution in [0.15, 0.2) is 48.5 Å². The van der Waals surface area contributed by atoms with Gasteiger partial charge in [-0.1, -0.05) is 70.1 Å². The first-order valence-electron chi connectivity index (χ1n) is 10.0. The fourth-order valence-corrected chi connectivity index (χ4v) is 4.35. The van der Waals surface area contributed by atoms with E-state index in [1.807, 2.05) is 37.3 Å². The van der Waals surface area contributed by atoms with Gasteiger partial charge in [0.05, 0.1) is 11.6 Å². The van der Waals surface area contributed by atoms with Gasteiger partial charge in [-0.05, 0) is 67.4 Å². The lowest BCUT2D eigenvalue weighted by molar-refractivity contribution is 0.269. The van der Waals surface area contributed by atoms with Gasteiger partial charge in [0, 0.05) is 32.2 Å². The van der Waals surface area contributed by atoms with Crippen molar-refractivity contribution in [2.75, 3.05) is 13.2 Å². The molecule has 3 nitrogen and oxygen atoms in total. The molecule has 0 atom stereocenters. The molecule has 3 aromatic rings. The van der Waals surface area contributed by atoms with Crippen molar-refractivity contribution >= 4 is 58.0 Å². The summed E-state index contributed by atoms with van der Waals surface area (Å²) in [4.78, 5) is 0. The molecule has 0 fully saturated rings. The molecule has 8 heteroatoms. The fraction of sp³-hybridized carbons (Fsp3) is 0.250. The lowest BCUT2D eigenvalue weighted by atomic mass is 10.1. The lowest BCUT2D eigenvalue weighted by Crippen LogP contribution is -2.17. The monoisotopic (exact) mass is 531 g/mol. The standard InChI is InChI=1S/C24H22Cl5NO2/c1-2-31-23-10-15(13-30-8-7-16-3-5-18(25)11-20(16)27)9-22(29)24(23)32-14-17-4-6-19(26)12-21(17)28/h3-6,9-12,30H,2,7-8,13-14H2,1H3. The SMILES string of the molecule is CCOc1cc(CNCCc2ccc(Cl)cc2Cl)cc(Cl)c1OCc1ccc(Cl)cc1Cl. The lowest BCUT2D eigenvalue weighted by Gasteiger charge is -2.16. The summed E-state index contributed by atoms with van der Waals surface area (Å²) in [6.07, 6.45) is 0.783. The Bertz CT molecular complexity index is 1070. The first-order valence-corrected chi connectivity index (χ1v) is 11.9. The van der Waals surface area contributed by atoms with E-state index in [9.17, 15) is 0 Å². The van der Waals surface area contributed by atoms with Crippen LogP contribution in [0.25, 0.3) is 0 Å². The van der Waals surface area contributed by atoms with Gasteiger partial charge in [0.1, 0.15) is 6.61 Å². The van der Waals surface area contributed by atoms with Crippen molar-refractivity contribution in [3.8, 4) is 11.5 Å². The molecule has 1 N–H and O–H groups in total. The first kappa shape index (κ1) is 25.3. The third kappa shape index (κ3) is 7.08. The Labute approximate surface area is 213 Å². The summed E-state index contributed by atoms with van der Waals surface area (Å²) in [7, 11) is 0. The Morgan fingerprint density at radius 3 is 2.03 bits per heavy atom. The van der Waals surface area contributed by atoms with Crippen LogP contribution in [-0.2, 0) is 19.6 Å². The number of halogens is 5. The topological polar surface area (TPSA) is 30.5 Å². The highest BCUT2D eigenvalue weighted by Gasteiger charge is 2.14. The minimum Gasteiger partial charge on any atom is -0.490 e. The van der Waals surface area contributed by atoms with Gasteiger partial charge in [0.25, 0.3) is 0 Å². The van der Waals surface area contributed by atoms with Crippen LogP contribution >= 0.6 is 58.0 Å². The molecule has 32 heavy (non-hydrogen) atoms. The van der Waals surface area contributed by atoms with E-state index in [1.54, 1.807) is 18.2 Å². The predicted octanol–water partition coefficient (Wildman–Crippen LogP) is 8.26. The van der Waals surface area contributed by atoms with E-state index < -0.39 is 0 Å². The maximum absolute atomic E-state index is 6.53. The van der Waals surface area contributed by atoms with Crippen LogP contribution in [0.2, 0.25) is 25.1 Å². The Balaban J connectivity index is 1.63. The normalized spacial score (nSPS) is 10.9. The van der Waals surface area contributed by atoms with Crippen molar-refractivity contribution in [2.24, 2.45) is 0 Å². The van der Waals surface area contributed by atoms with Crippen molar-refractivity contribution in [3.63, 3.8) is 0 Å². The summed E-state index contributed by atoms with van der Waals surface area (Å²) in [5, 5.41) is 6.28. The van der Waals surface area contributed by atoms with Gasteiger partial charge in [-0.25, -0.2) is 0 Å². The van der Waals surface area contributed by atoms with Gasteiger partial charge in [0.2, 0.25) is 0 Å². The van der Waals surface area contributed by atoms with Crippen LogP contribution in [0, 0.1) is 0 Å². The van der Waals surface area contributed by atoms with Crippen molar-refractivity contribution in [2.45, 2.75) is 26.5 Å². The number of ether oxygens (including phenoxy) is 2. The molecule has 0 aliphatic carbocycles. The van der Waals surface area contributed by atoms with Gasteiger partial charge >= 0.3 is 0 Å². The molecular formula is C24H22Cl5NO2. The molecule has 0 heterocycles. The van der Waals surface area contributed by atoms with Crippen LogP contribution in [0.5, 0.6) is 11.5 Å². The predicted molar refractivity (Wildman–Crippen MR) is 135 cm³/mol. The smallest absolute Gasteiger partial charge is 0.180 e. The molecule has 0 spiro atoms.